The third-order valence-corrected chi connectivity index (χ3v) is 3.87. The first-order valence-corrected chi connectivity index (χ1v) is 6.23. The van der Waals surface area contributed by atoms with Gasteiger partial charge in [0, 0.05) is 30.4 Å². The second kappa shape index (κ2) is 5.37. The first-order chi connectivity index (χ1) is 7.36. The van der Waals surface area contributed by atoms with Gasteiger partial charge >= 0.3 is 0 Å². The zero-order valence-corrected chi connectivity index (χ0v) is 9.37. The van der Waals surface area contributed by atoms with Crippen LogP contribution in [0.5, 0.6) is 5.75 Å². The van der Waals surface area contributed by atoms with Crippen molar-refractivity contribution in [2.24, 2.45) is 0 Å². The lowest BCUT2D eigenvalue weighted by Gasteiger charge is -2.21. The van der Waals surface area contributed by atoms with Crippen molar-refractivity contribution in [1.29, 1.82) is 0 Å². The fourth-order valence-corrected chi connectivity index (χ4v) is 2.72. The number of ether oxygens (including phenoxy) is 1. The first kappa shape index (κ1) is 10.8. The largest absolute Gasteiger partial charge is 0.506 e. The van der Waals surface area contributed by atoms with Gasteiger partial charge in [-0.3, -0.25) is 4.98 Å². The number of aromatic hydroxyl groups is 1. The number of nitrogens with zero attached hydrogens (tertiary/aromatic N) is 1. The van der Waals surface area contributed by atoms with Crippen LogP contribution in [0.15, 0.2) is 18.3 Å². The molecule has 1 aromatic rings. The maximum atomic E-state index is 9.54. The van der Waals surface area contributed by atoms with Crippen LogP contribution in [0, 0.1) is 0 Å². The summed E-state index contributed by atoms with van der Waals surface area (Å²) >= 11 is 1.86. The highest BCUT2D eigenvalue weighted by Gasteiger charge is 2.14. The van der Waals surface area contributed by atoms with Crippen molar-refractivity contribution in [1.82, 2.24) is 4.98 Å². The van der Waals surface area contributed by atoms with E-state index in [1.165, 1.54) is 0 Å². The molecule has 0 unspecified atom stereocenters. The van der Waals surface area contributed by atoms with E-state index in [0.29, 0.717) is 11.0 Å². The molecule has 1 aliphatic rings. The molecule has 1 saturated heterocycles. The monoisotopic (exact) mass is 225 g/mol. The number of hydrogen-bond acceptors (Lipinski definition) is 4. The molecule has 1 fully saturated rings. The van der Waals surface area contributed by atoms with Gasteiger partial charge in [0.2, 0.25) is 0 Å². The number of pyridine rings is 1. The molecule has 2 rings (SSSR count). The minimum absolute atomic E-state index is 0.303. The summed E-state index contributed by atoms with van der Waals surface area (Å²) in [6, 6.07) is 3.44. The maximum Gasteiger partial charge on any atom is 0.137 e. The smallest absolute Gasteiger partial charge is 0.137 e. The van der Waals surface area contributed by atoms with Crippen LogP contribution in [0.4, 0.5) is 0 Å². The van der Waals surface area contributed by atoms with Crippen LogP contribution in [0.1, 0.15) is 18.5 Å². The summed E-state index contributed by atoms with van der Waals surface area (Å²) in [5.41, 5.74) is 0.786. The second-order valence-electron chi connectivity index (χ2n) is 3.59. The summed E-state index contributed by atoms with van der Waals surface area (Å²) in [6.07, 6.45) is 3.94. The Morgan fingerprint density at radius 2 is 2.27 bits per heavy atom. The van der Waals surface area contributed by atoms with Crippen molar-refractivity contribution in [2.75, 3.05) is 13.2 Å². The van der Waals surface area contributed by atoms with Crippen molar-refractivity contribution in [3.63, 3.8) is 0 Å². The van der Waals surface area contributed by atoms with Crippen molar-refractivity contribution in [2.45, 2.75) is 23.8 Å². The predicted octanol–water partition coefficient (Wildman–Crippen LogP) is 2.20. The van der Waals surface area contributed by atoms with E-state index in [-0.39, 0.29) is 0 Å². The van der Waals surface area contributed by atoms with Crippen LogP contribution in [0.3, 0.4) is 0 Å². The van der Waals surface area contributed by atoms with Crippen molar-refractivity contribution >= 4 is 11.8 Å². The van der Waals surface area contributed by atoms with E-state index < -0.39 is 0 Å². The molecule has 0 atom stereocenters. The van der Waals surface area contributed by atoms with Crippen molar-refractivity contribution < 1.29 is 9.84 Å². The van der Waals surface area contributed by atoms with Crippen LogP contribution in [0.25, 0.3) is 0 Å². The van der Waals surface area contributed by atoms with Gasteiger partial charge < -0.3 is 9.84 Å². The molecule has 0 radical (unpaired) electrons. The molecule has 0 spiro atoms. The molecule has 1 aliphatic heterocycles. The van der Waals surface area contributed by atoms with Gasteiger partial charge in [0.15, 0.2) is 0 Å². The first-order valence-electron chi connectivity index (χ1n) is 5.18. The van der Waals surface area contributed by atoms with Gasteiger partial charge in [0.25, 0.3) is 0 Å². The molecule has 15 heavy (non-hydrogen) atoms. The van der Waals surface area contributed by atoms with E-state index >= 15 is 0 Å². The van der Waals surface area contributed by atoms with E-state index in [4.69, 9.17) is 4.74 Å². The Morgan fingerprint density at radius 3 is 3.00 bits per heavy atom. The highest BCUT2D eigenvalue weighted by Crippen LogP contribution is 2.27. The number of hydrogen-bond donors (Lipinski definition) is 1. The SMILES string of the molecule is Oc1cccnc1CSC1CCOCC1. The third-order valence-electron chi connectivity index (χ3n) is 2.49. The maximum absolute atomic E-state index is 9.54. The van der Waals surface area contributed by atoms with Crippen molar-refractivity contribution in [3.05, 3.63) is 24.0 Å². The van der Waals surface area contributed by atoms with Crippen molar-refractivity contribution in [3.8, 4) is 5.75 Å². The predicted molar refractivity (Wildman–Crippen MR) is 61.0 cm³/mol. The fourth-order valence-electron chi connectivity index (χ4n) is 1.58. The average molecular weight is 225 g/mol. The van der Waals surface area contributed by atoms with Gasteiger partial charge in [-0.25, -0.2) is 0 Å². The van der Waals surface area contributed by atoms with Crippen LogP contribution >= 0.6 is 11.8 Å². The zero-order chi connectivity index (χ0) is 10.5. The summed E-state index contributed by atoms with van der Waals surface area (Å²) in [6.45, 7) is 1.73. The summed E-state index contributed by atoms with van der Waals surface area (Å²) < 4.78 is 5.30. The summed E-state index contributed by atoms with van der Waals surface area (Å²) in [4.78, 5) is 4.16. The fraction of sp³-hybridized carbons (Fsp3) is 0.545. The molecular formula is C11H15NO2S. The van der Waals surface area contributed by atoms with Gasteiger partial charge in [-0.2, -0.15) is 11.8 Å². The molecule has 4 heteroatoms. The molecule has 1 N–H and O–H groups in total. The average Bonchev–Trinajstić information content (AvgIpc) is 2.29. The lowest BCUT2D eigenvalue weighted by Crippen LogP contribution is -2.17. The van der Waals surface area contributed by atoms with Gasteiger partial charge in [0.1, 0.15) is 5.75 Å². The van der Waals surface area contributed by atoms with Crippen LogP contribution in [0.2, 0.25) is 0 Å². The van der Waals surface area contributed by atoms with Crippen LogP contribution in [-0.2, 0) is 10.5 Å². The summed E-state index contributed by atoms with van der Waals surface area (Å²) in [5.74, 6) is 1.09. The Morgan fingerprint density at radius 1 is 1.47 bits per heavy atom. The normalized spacial score (nSPS) is 17.9. The minimum Gasteiger partial charge on any atom is -0.506 e. The molecule has 0 saturated carbocycles. The Labute approximate surface area is 93.9 Å². The Balaban J connectivity index is 1.84. The van der Waals surface area contributed by atoms with E-state index in [0.717, 1.165) is 37.5 Å². The molecular weight excluding hydrogens is 210 g/mol. The number of rotatable bonds is 3. The van der Waals surface area contributed by atoms with Crippen LogP contribution in [-0.4, -0.2) is 28.6 Å². The van der Waals surface area contributed by atoms with Crippen LogP contribution < -0.4 is 0 Å². The lowest BCUT2D eigenvalue weighted by atomic mass is 10.2. The minimum atomic E-state index is 0.303. The Hall–Kier alpha value is -0.740. The lowest BCUT2D eigenvalue weighted by molar-refractivity contribution is 0.1000. The van der Waals surface area contributed by atoms with E-state index in [1.54, 1.807) is 18.3 Å². The molecule has 0 aromatic carbocycles. The second-order valence-corrected chi connectivity index (χ2v) is 4.88. The summed E-state index contributed by atoms with van der Waals surface area (Å²) in [5, 5.41) is 10.2. The topological polar surface area (TPSA) is 42.4 Å². The molecule has 2 heterocycles. The highest BCUT2D eigenvalue weighted by atomic mass is 32.2. The third kappa shape index (κ3) is 3.11. The van der Waals surface area contributed by atoms with E-state index in [1.807, 2.05) is 11.8 Å². The Kier molecular flexibility index (Phi) is 3.86. The van der Waals surface area contributed by atoms with Gasteiger partial charge in [-0.05, 0) is 25.0 Å². The number of thioether (sulfide) groups is 1. The molecule has 3 nitrogen and oxygen atoms in total. The van der Waals surface area contributed by atoms with Gasteiger partial charge in [-0.1, -0.05) is 0 Å². The molecule has 1 aromatic heterocycles. The Bertz CT molecular complexity index is 313. The molecule has 0 bridgehead atoms. The molecule has 0 aliphatic carbocycles. The quantitative estimate of drug-likeness (QED) is 0.856. The van der Waals surface area contributed by atoms with E-state index in [2.05, 4.69) is 4.98 Å². The van der Waals surface area contributed by atoms with Gasteiger partial charge in [0.05, 0.1) is 5.69 Å². The zero-order valence-electron chi connectivity index (χ0n) is 8.56. The van der Waals surface area contributed by atoms with Gasteiger partial charge in [-0.15, -0.1) is 0 Å². The summed E-state index contributed by atoms with van der Waals surface area (Å²) in [7, 11) is 0. The van der Waals surface area contributed by atoms with E-state index in [9.17, 15) is 5.11 Å². The molecule has 0 amide bonds. The highest BCUT2D eigenvalue weighted by molar-refractivity contribution is 7.99. The number of aromatic nitrogens is 1. The molecule has 82 valence electrons. The standard InChI is InChI=1S/C11H15NO2S/c13-11-2-1-5-12-10(11)8-15-9-3-6-14-7-4-9/h1-2,5,9,13H,3-4,6-8H2.